The SMILES string of the molecule is COc1cccc2c1N(CC(=O)c1c[nH]c3ccccc13)CCC2. The van der Waals surface area contributed by atoms with E-state index in [1.54, 1.807) is 7.11 Å². The fourth-order valence-corrected chi connectivity index (χ4v) is 3.58. The van der Waals surface area contributed by atoms with Crippen LogP contribution in [-0.4, -0.2) is 31.0 Å². The summed E-state index contributed by atoms with van der Waals surface area (Å²) in [6, 6.07) is 14.0. The molecule has 4 nitrogen and oxygen atoms in total. The average Bonchev–Trinajstić information content (AvgIpc) is 3.05. The van der Waals surface area contributed by atoms with Crippen molar-refractivity contribution in [1.29, 1.82) is 0 Å². The molecule has 0 amide bonds. The van der Waals surface area contributed by atoms with Gasteiger partial charge in [-0.1, -0.05) is 30.3 Å². The third kappa shape index (κ3) is 2.44. The molecule has 0 aliphatic carbocycles. The zero-order valence-electron chi connectivity index (χ0n) is 13.7. The van der Waals surface area contributed by atoms with E-state index < -0.39 is 0 Å². The highest BCUT2D eigenvalue weighted by Gasteiger charge is 2.24. The third-order valence-corrected chi connectivity index (χ3v) is 4.72. The van der Waals surface area contributed by atoms with Crippen LogP contribution in [0.25, 0.3) is 10.9 Å². The molecular weight excluding hydrogens is 300 g/mol. The van der Waals surface area contributed by atoms with Gasteiger partial charge >= 0.3 is 0 Å². The lowest BCUT2D eigenvalue weighted by Gasteiger charge is -2.32. The van der Waals surface area contributed by atoms with Crippen LogP contribution < -0.4 is 9.64 Å². The number of benzene rings is 2. The van der Waals surface area contributed by atoms with Crippen molar-refractivity contribution in [3.05, 3.63) is 59.8 Å². The van der Waals surface area contributed by atoms with Gasteiger partial charge in [0.05, 0.1) is 19.3 Å². The summed E-state index contributed by atoms with van der Waals surface area (Å²) in [6.07, 6.45) is 3.91. The first-order valence-corrected chi connectivity index (χ1v) is 8.28. The highest BCUT2D eigenvalue weighted by Crippen LogP contribution is 2.36. The second kappa shape index (κ2) is 6.04. The summed E-state index contributed by atoms with van der Waals surface area (Å²) in [5.74, 6) is 0.977. The number of aryl methyl sites for hydroxylation is 1. The number of aromatic amines is 1. The predicted molar refractivity (Wildman–Crippen MR) is 96.2 cm³/mol. The Labute approximate surface area is 141 Å². The van der Waals surface area contributed by atoms with Gasteiger partial charge in [0.2, 0.25) is 0 Å². The van der Waals surface area contributed by atoms with Gasteiger partial charge in [0.15, 0.2) is 5.78 Å². The van der Waals surface area contributed by atoms with Crippen LogP contribution in [0.2, 0.25) is 0 Å². The summed E-state index contributed by atoms with van der Waals surface area (Å²) in [6.45, 7) is 1.25. The van der Waals surface area contributed by atoms with Crippen molar-refractivity contribution in [2.24, 2.45) is 0 Å². The summed E-state index contributed by atoms with van der Waals surface area (Å²) >= 11 is 0. The van der Waals surface area contributed by atoms with Crippen molar-refractivity contribution in [3.8, 4) is 5.75 Å². The predicted octanol–water partition coefficient (Wildman–Crippen LogP) is 3.81. The largest absolute Gasteiger partial charge is 0.495 e. The van der Waals surface area contributed by atoms with Crippen molar-refractivity contribution in [1.82, 2.24) is 4.98 Å². The van der Waals surface area contributed by atoms with Gasteiger partial charge in [-0.2, -0.15) is 0 Å². The van der Waals surface area contributed by atoms with Crippen LogP contribution in [-0.2, 0) is 6.42 Å². The van der Waals surface area contributed by atoms with Gasteiger partial charge in [0, 0.05) is 29.2 Å². The number of nitrogens with zero attached hydrogens (tertiary/aromatic N) is 1. The van der Waals surface area contributed by atoms with Crippen molar-refractivity contribution >= 4 is 22.4 Å². The van der Waals surface area contributed by atoms with E-state index in [2.05, 4.69) is 16.0 Å². The van der Waals surface area contributed by atoms with E-state index in [1.165, 1.54) is 5.56 Å². The van der Waals surface area contributed by atoms with Gasteiger partial charge in [-0.3, -0.25) is 4.79 Å². The van der Waals surface area contributed by atoms with Crippen molar-refractivity contribution in [3.63, 3.8) is 0 Å². The number of H-pyrrole nitrogens is 1. The Morgan fingerprint density at radius 1 is 1.21 bits per heavy atom. The minimum Gasteiger partial charge on any atom is -0.495 e. The lowest BCUT2D eigenvalue weighted by molar-refractivity contribution is 0.1000. The number of ether oxygens (including phenoxy) is 1. The Balaban J connectivity index is 1.66. The molecule has 0 radical (unpaired) electrons. The maximum Gasteiger partial charge on any atom is 0.184 e. The molecule has 0 fully saturated rings. The van der Waals surface area contributed by atoms with Crippen LogP contribution in [0.5, 0.6) is 5.75 Å². The molecule has 1 aliphatic rings. The molecular formula is C20H20N2O2. The number of nitrogens with one attached hydrogen (secondary N) is 1. The summed E-state index contributed by atoms with van der Waals surface area (Å²) in [5, 5.41) is 0.986. The Bertz CT molecular complexity index is 883. The molecule has 1 N–H and O–H groups in total. The molecule has 2 heterocycles. The maximum atomic E-state index is 12.9. The van der Waals surface area contributed by atoms with Gasteiger partial charge in [-0.25, -0.2) is 0 Å². The second-order valence-electron chi connectivity index (χ2n) is 6.16. The molecule has 1 aliphatic heterocycles. The number of carbonyl (C=O) groups excluding carboxylic acids is 1. The smallest absolute Gasteiger partial charge is 0.184 e. The zero-order chi connectivity index (χ0) is 16.5. The first kappa shape index (κ1) is 14.8. The summed E-state index contributed by atoms with van der Waals surface area (Å²) in [5.41, 5.74) is 4.08. The van der Waals surface area contributed by atoms with Crippen molar-refractivity contribution in [2.75, 3.05) is 25.1 Å². The molecule has 0 unspecified atom stereocenters. The van der Waals surface area contributed by atoms with E-state index in [1.807, 2.05) is 42.6 Å². The first-order valence-electron chi connectivity index (χ1n) is 8.28. The molecule has 122 valence electrons. The average molecular weight is 320 g/mol. The minimum absolute atomic E-state index is 0.131. The zero-order valence-corrected chi connectivity index (χ0v) is 13.7. The third-order valence-electron chi connectivity index (χ3n) is 4.72. The molecule has 0 bridgehead atoms. The number of rotatable bonds is 4. The fraction of sp³-hybridized carbons (Fsp3) is 0.250. The van der Waals surface area contributed by atoms with Crippen LogP contribution in [0.3, 0.4) is 0 Å². The second-order valence-corrected chi connectivity index (χ2v) is 6.16. The van der Waals surface area contributed by atoms with Crippen LogP contribution in [0.4, 0.5) is 5.69 Å². The highest BCUT2D eigenvalue weighted by molar-refractivity contribution is 6.09. The van der Waals surface area contributed by atoms with Crippen LogP contribution in [0, 0.1) is 0 Å². The summed E-state index contributed by atoms with van der Waals surface area (Å²) in [4.78, 5) is 18.2. The molecule has 3 aromatic rings. The summed E-state index contributed by atoms with van der Waals surface area (Å²) < 4.78 is 5.53. The monoisotopic (exact) mass is 320 g/mol. The molecule has 24 heavy (non-hydrogen) atoms. The van der Waals surface area contributed by atoms with Gasteiger partial charge in [0.1, 0.15) is 5.75 Å². The van der Waals surface area contributed by atoms with E-state index in [4.69, 9.17) is 4.74 Å². The number of aromatic nitrogens is 1. The van der Waals surface area contributed by atoms with E-state index in [-0.39, 0.29) is 5.78 Å². The molecule has 0 spiro atoms. The molecule has 2 aromatic carbocycles. The number of anilines is 1. The molecule has 0 saturated heterocycles. The topological polar surface area (TPSA) is 45.3 Å². The Morgan fingerprint density at radius 3 is 2.96 bits per heavy atom. The van der Waals surface area contributed by atoms with Gasteiger partial charge in [-0.15, -0.1) is 0 Å². The number of ketones is 1. The summed E-state index contributed by atoms with van der Waals surface area (Å²) in [7, 11) is 1.68. The molecule has 1 aromatic heterocycles. The van der Waals surface area contributed by atoms with E-state index in [0.717, 1.165) is 47.3 Å². The number of para-hydroxylation sites is 2. The highest BCUT2D eigenvalue weighted by atomic mass is 16.5. The molecule has 4 rings (SSSR count). The molecule has 4 heteroatoms. The van der Waals surface area contributed by atoms with E-state index in [0.29, 0.717) is 6.54 Å². The number of carbonyl (C=O) groups is 1. The number of hydrogen-bond donors (Lipinski definition) is 1. The Kier molecular flexibility index (Phi) is 3.73. The maximum absolute atomic E-state index is 12.9. The Hall–Kier alpha value is -2.75. The lowest BCUT2D eigenvalue weighted by atomic mass is 10.00. The Morgan fingerprint density at radius 2 is 2.08 bits per heavy atom. The van der Waals surface area contributed by atoms with E-state index in [9.17, 15) is 4.79 Å². The fourth-order valence-electron chi connectivity index (χ4n) is 3.58. The van der Waals surface area contributed by atoms with Gasteiger partial charge in [-0.05, 0) is 30.5 Å². The normalized spacial score (nSPS) is 13.8. The van der Waals surface area contributed by atoms with E-state index >= 15 is 0 Å². The van der Waals surface area contributed by atoms with Gasteiger partial charge < -0.3 is 14.6 Å². The molecule has 0 saturated carbocycles. The number of fused-ring (bicyclic) bond motifs is 2. The number of Topliss-reactive ketones (excluding diaryl/α,β-unsaturated/α-hetero) is 1. The quantitative estimate of drug-likeness (QED) is 0.744. The van der Waals surface area contributed by atoms with Crippen LogP contribution in [0.15, 0.2) is 48.7 Å². The lowest BCUT2D eigenvalue weighted by Crippen LogP contribution is -2.34. The molecule has 0 atom stereocenters. The standard InChI is InChI=1S/C20H20N2O2/c1-24-19-10-4-6-14-7-5-11-22(20(14)19)13-18(23)16-12-21-17-9-3-2-8-15(16)17/h2-4,6,8-10,12,21H,5,7,11,13H2,1H3. The van der Waals surface area contributed by atoms with Crippen molar-refractivity contribution < 1.29 is 9.53 Å². The van der Waals surface area contributed by atoms with Gasteiger partial charge in [0.25, 0.3) is 0 Å². The van der Waals surface area contributed by atoms with Crippen LogP contribution in [0.1, 0.15) is 22.3 Å². The number of methoxy groups -OCH3 is 1. The first-order chi connectivity index (χ1) is 11.8. The number of hydrogen-bond acceptors (Lipinski definition) is 3. The van der Waals surface area contributed by atoms with Crippen LogP contribution >= 0.6 is 0 Å². The van der Waals surface area contributed by atoms with Crippen molar-refractivity contribution in [2.45, 2.75) is 12.8 Å². The minimum atomic E-state index is 0.131.